The highest BCUT2D eigenvalue weighted by molar-refractivity contribution is 5.16. The lowest BCUT2D eigenvalue weighted by Gasteiger charge is -2.37. The Morgan fingerprint density at radius 2 is 1.94 bits per heavy atom. The fraction of sp³-hybridized carbons (Fsp3) is 0.600. The van der Waals surface area contributed by atoms with Gasteiger partial charge in [-0.05, 0) is 31.0 Å². The SMILES string of the molecule is CC[C@@H](C)N1CCN(Cc2cccc(F)c2)CC1. The molecule has 0 amide bonds. The number of benzene rings is 1. The molecule has 0 saturated carbocycles. The second-order valence-corrected chi connectivity index (χ2v) is 5.20. The van der Waals surface area contributed by atoms with Crippen LogP contribution in [0.4, 0.5) is 4.39 Å². The number of piperazine rings is 1. The molecule has 1 aliphatic heterocycles. The fourth-order valence-corrected chi connectivity index (χ4v) is 2.51. The maximum Gasteiger partial charge on any atom is 0.123 e. The van der Waals surface area contributed by atoms with Crippen LogP contribution in [0.5, 0.6) is 0 Å². The van der Waals surface area contributed by atoms with E-state index < -0.39 is 0 Å². The van der Waals surface area contributed by atoms with Crippen molar-refractivity contribution in [3.63, 3.8) is 0 Å². The molecule has 100 valence electrons. The molecule has 0 radical (unpaired) electrons. The Bertz CT molecular complexity index is 373. The molecule has 1 heterocycles. The first kappa shape index (κ1) is 13.5. The van der Waals surface area contributed by atoms with Gasteiger partial charge in [-0.15, -0.1) is 0 Å². The third-order valence-corrected chi connectivity index (χ3v) is 3.92. The summed E-state index contributed by atoms with van der Waals surface area (Å²) in [5, 5.41) is 0. The highest BCUT2D eigenvalue weighted by Gasteiger charge is 2.19. The smallest absolute Gasteiger partial charge is 0.123 e. The van der Waals surface area contributed by atoms with E-state index in [-0.39, 0.29) is 5.82 Å². The van der Waals surface area contributed by atoms with Crippen LogP contribution in [0.2, 0.25) is 0 Å². The number of hydrogen-bond donors (Lipinski definition) is 0. The number of nitrogens with zero attached hydrogens (tertiary/aromatic N) is 2. The predicted octanol–water partition coefficient (Wildman–Crippen LogP) is 2.74. The normalized spacial score (nSPS) is 19.9. The summed E-state index contributed by atoms with van der Waals surface area (Å²) >= 11 is 0. The van der Waals surface area contributed by atoms with Gasteiger partial charge in [-0.2, -0.15) is 0 Å². The van der Waals surface area contributed by atoms with Crippen molar-refractivity contribution in [1.29, 1.82) is 0 Å². The minimum atomic E-state index is -0.134. The van der Waals surface area contributed by atoms with Gasteiger partial charge in [0.05, 0.1) is 0 Å². The van der Waals surface area contributed by atoms with E-state index >= 15 is 0 Å². The Morgan fingerprint density at radius 1 is 1.22 bits per heavy atom. The topological polar surface area (TPSA) is 6.48 Å². The van der Waals surface area contributed by atoms with E-state index in [9.17, 15) is 4.39 Å². The van der Waals surface area contributed by atoms with Crippen LogP contribution in [0.25, 0.3) is 0 Å². The monoisotopic (exact) mass is 250 g/mol. The molecule has 0 unspecified atom stereocenters. The van der Waals surface area contributed by atoms with Gasteiger partial charge in [0.1, 0.15) is 5.82 Å². The van der Waals surface area contributed by atoms with Gasteiger partial charge in [0.25, 0.3) is 0 Å². The highest BCUT2D eigenvalue weighted by Crippen LogP contribution is 2.12. The predicted molar refractivity (Wildman–Crippen MR) is 73.0 cm³/mol. The summed E-state index contributed by atoms with van der Waals surface area (Å²) in [6.07, 6.45) is 1.21. The van der Waals surface area contributed by atoms with Crippen LogP contribution in [0, 0.1) is 5.82 Å². The zero-order valence-electron chi connectivity index (χ0n) is 11.4. The molecule has 1 atom stereocenters. The van der Waals surface area contributed by atoms with Gasteiger partial charge in [-0.3, -0.25) is 9.80 Å². The largest absolute Gasteiger partial charge is 0.298 e. The van der Waals surface area contributed by atoms with Crippen molar-refractivity contribution in [2.75, 3.05) is 26.2 Å². The Hall–Kier alpha value is -0.930. The van der Waals surface area contributed by atoms with Gasteiger partial charge < -0.3 is 0 Å². The summed E-state index contributed by atoms with van der Waals surface area (Å²) in [4.78, 5) is 4.95. The molecule has 0 bridgehead atoms. The van der Waals surface area contributed by atoms with E-state index in [1.165, 1.54) is 12.5 Å². The Kier molecular flexibility index (Phi) is 4.72. The van der Waals surface area contributed by atoms with Gasteiger partial charge >= 0.3 is 0 Å². The van der Waals surface area contributed by atoms with Crippen LogP contribution in [-0.2, 0) is 6.54 Å². The summed E-state index contributed by atoms with van der Waals surface area (Å²) in [7, 11) is 0. The first-order valence-corrected chi connectivity index (χ1v) is 6.90. The Morgan fingerprint density at radius 3 is 2.56 bits per heavy atom. The quantitative estimate of drug-likeness (QED) is 0.810. The van der Waals surface area contributed by atoms with E-state index in [2.05, 4.69) is 23.6 Å². The van der Waals surface area contributed by atoms with Gasteiger partial charge in [0.15, 0.2) is 0 Å². The summed E-state index contributed by atoms with van der Waals surface area (Å²) in [6.45, 7) is 9.83. The van der Waals surface area contributed by atoms with E-state index in [1.807, 2.05) is 6.07 Å². The third kappa shape index (κ3) is 3.53. The molecule has 1 saturated heterocycles. The molecule has 0 aromatic heterocycles. The van der Waals surface area contributed by atoms with Crippen molar-refractivity contribution >= 4 is 0 Å². The summed E-state index contributed by atoms with van der Waals surface area (Å²) < 4.78 is 13.1. The third-order valence-electron chi connectivity index (χ3n) is 3.92. The molecular formula is C15H23FN2. The van der Waals surface area contributed by atoms with E-state index in [0.717, 1.165) is 38.3 Å². The number of halogens is 1. The zero-order valence-corrected chi connectivity index (χ0v) is 11.4. The lowest BCUT2D eigenvalue weighted by molar-refractivity contribution is 0.0963. The molecule has 3 heteroatoms. The second-order valence-electron chi connectivity index (χ2n) is 5.20. The van der Waals surface area contributed by atoms with Crippen molar-refractivity contribution < 1.29 is 4.39 Å². The molecule has 1 aliphatic rings. The molecule has 2 nitrogen and oxygen atoms in total. The minimum absolute atomic E-state index is 0.134. The lowest BCUT2D eigenvalue weighted by Crippen LogP contribution is -2.48. The van der Waals surface area contributed by atoms with Crippen LogP contribution >= 0.6 is 0 Å². The molecule has 0 N–H and O–H groups in total. The van der Waals surface area contributed by atoms with E-state index in [4.69, 9.17) is 0 Å². The second kappa shape index (κ2) is 6.30. The lowest BCUT2D eigenvalue weighted by atomic mass is 10.1. The van der Waals surface area contributed by atoms with Gasteiger partial charge in [-0.25, -0.2) is 4.39 Å². The molecule has 18 heavy (non-hydrogen) atoms. The Labute approximate surface area is 109 Å². The van der Waals surface area contributed by atoms with Crippen LogP contribution in [0.1, 0.15) is 25.8 Å². The number of hydrogen-bond acceptors (Lipinski definition) is 2. The molecule has 1 fully saturated rings. The maximum absolute atomic E-state index is 13.1. The van der Waals surface area contributed by atoms with Crippen molar-refractivity contribution in [3.05, 3.63) is 35.6 Å². The van der Waals surface area contributed by atoms with Crippen LogP contribution < -0.4 is 0 Å². The first-order chi connectivity index (χ1) is 8.69. The average molecular weight is 250 g/mol. The van der Waals surface area contributed by atoms with Crippen LogP contribution in [-0.4, -0.2) is 42.0 Å². The van der Waals surface area contributed by atoms with Crippen molar-refractivity contribution in [2.45, 2.75) is 32.9 Å². The maximum atomic E-state index is 13.1. The van der Waals surface area contributed by atoms with Gasteiger partial charge in [0.2, 0.25) is 0 Å². The van der Waals surface area contributed by atoms with Crippen molar-refractivity contribution in [2.24, 2.45) is 0 Å². The first-order valence-electron chi connectivity index (χ1n) is 6.90. The summed E-state index contributed by atoms with van der Waals surface area (Å²) in [5.41, 5.74) is 1.08. The molecule has 2 rings (SSSR count). The van der Waals surface area contributed by atoms with Crippen molar-refractivity contribution in [1.82, 2.24) is 9.80 Å². The van der Waals surface area contributed by atoms with Gasteiger partial charge in [0, 0.05) is 38.8 Å². The molecule has 0 aliphatic carbocycles. The zero-order chi connectivity index (χ0) is 13.0. The molecular weight excluding hydrogens is 227 g/mol. The van der Waals surface area contributed by atoms with Crippen LogP contribution in [0.15, 0.2) is 24.3 Å². The average Bonchev–Trinajstić information content (AvgIpc) is 2.39. The van der Waals surface area contributed by atoms with Gasteiger partial charge in [-0.1, -0.05) is 19.1 Å². The van der Waals surface area contributed by atoms with Crippen LogP contribution in [0.3, 0.4) is 0 Å². The highest BCUT2D eigenvalue weighted by atomic mass is 19.1. The minimum Gasteiger partial charge on any atom is -0.298 e. The van der Waals surface area contributed by atoms with E-state index in [0.29, 0.717) is 6.04 Å². The van der Waals surface area contributed by atoms with Crippen molar-refractivity contribution in [3.8, 4) is 0 Å². The Balaban J connectivity index is 1.83. The van der Waals surface area contributed by atoms with E-state index in [1.54, 1.807) is 12.1 Å². The molecule has 1 aromatic carbocycles. The summed E-state index contributed by atoms with van der Waals surface area (Å²) in [5.74, 6) is -0.134. The standard InChI is InChI=1S/C15H23FN2/c1-3-13(2)18-9-7-17(8-10-18)12-14-5-4-6-15(16)11-14/h4-6,11,13H,3,7-10,12H2,1-2H3/t13-/m1/s1. The number of rotatable bonds is 4. The fourth-order valence-electron chi connectivity index (χ4n) is 2.51. The molecule has 0 spiro atoms. The summed E-state index contributed by atoms with van der Waals surface area (Å²) in [6, 6.07) is 7.62. The molecule has 1 aromatic rings.